The van der Waals surface area contributed by atoms with Gasteiger partial charge in [-0.05, 0) is 6.07 Å². The lowest BCUT2D eigenvalue weighted by atomic mass is 10.1. The van der Waals surface area contributed by atoms with E-state index in [0.29, 0.717) is 5.39 Å². The van der Waals surface area contributed by atoms with E-state index in [-0.39, 0.29) is 35.5 Å². The minimum Gasteiger partial charge on any atom is -1.00 e. The van der Waals surface area contributed by atoms with Gasteiger partial charge in [0.2, 0.25) is 5.69 Å². The molecule has 0 bridgehead atoms. The second-order valence-electron chi connectivity index (χ2n) is 4.09. The first-order valence-electron chi connectivity index (χ1n) is 5.68. The zero-order valence-corrected chi connectivity index (χ0v) is 12.2. The predicted molar refractivity (Wildman–Crippen MR) is 68.8 cm³/mol. The third-order valence-corrected chi connectivity index (χ3v) is 2.97. The van der Waals surface area contributed by atoms with Gasteiger partial charge in [-0.1, -0.05) is 24.3 Å². The fourth-order valence-electron chi connectivity index (χ4n) is 2.10. The molecule has 0 spiro atoms. The summed E-state index contributed by atoms with van der Waals surface area (Å²) < 4.78 is 1.90. The molecule has 0 atom stereocenters. The first kappa shape index (κ1) is 13.6. The molecular formula is C15H12INO2. The predicted octanol–water partition coefficient (Wildman–Crippen LogP) is -0.468. The van der Waals surface area contributed by atoms with Gasteiger partial charge in [0.15, 0.2) is 23.9 Å². The molecule has 3 nitrogen and oxygen atoms in total. The minimum absolute atomic E-state index is 0. The molecule has 0 radical (unpaired) electrons. The highest BCUT2D eigenvalue weighted by atomic mass is 127. The number of hydrogen-bond donors (Lipinski definition) is 2. The summed E-state index contributed by atoms with van der Waals surface area (Å²) >= 11 is 0. The van der Waals surface area contributed by atoms with Crippen LogP contribution in [0.5, 0.6) is 11.5 Å². The molecule has 0 aliphatic heterocycles. The Hall–Kier alpha value is -1.82. The maximum Gasteiger partial charge on any atom is 0.222 e. The third-order valence-electron chi connectivity index (χ3n) is 2.97. The fourth-order valence-corrected chi connectivity index (χ4v) is 2.10. The molecule has 0 saturated heterocycles. The van der Waals surface area contributed by atoms with E-state index < -0.39 is 0 Å². The van der Waals surface area contributed by atoms with E-state index in [1.54, 1.807) is 12.1 Å². The Morgan fingerprint density at radius 2 is 1.42 bits per heavy atom. The number of phenols is 2. The molecule has 1 heterocycles. The van der Waals surface area contributed by atoms with Crippen molar-refractivity contribution in [3.8, 4) is 17.2 Å². The summed E-state index contributed by atoms with van der Waals surface area (Å²) in [6, 6.07) is 14.8. The lowest BCUT2D eigenvalue weighted by Crippen LogP contribution is -3.00. The van der Waals surface area contributed by atoms with Gasteiger partial charge in [0.1, 0.15) is 0 Å². The van der Waals surface area contributed by atoms with E-state index in [2.05, 4.69) is 0 Å². The zero-order valence-electron chi connectivity index (χ0n) is 9.99. The number of nitrogens with zero attached hydrogens (tertiary/aromatic N) is 1. The molecule has 0 unspecified atom stereocenters. The summed E-state index contributed by atoms with van der Waals surface area (Å²) in [5.41, 5.74) is 0.835. The SMILES string of the molecule is Oc1cc(-[n+]2ccccc2)c2ccccc2c1O.[I-]. The van der Waals surface area contributed by atoms with E-state index in [1.807, 2.05) is 53.4 Å². The van der Waals surface area contributed by atoms with Crippen LogP contribution in [-0.2, 0) is 0 Å². The van der Waals surface area contributed by atoms with Crippen LogP contribution in [0.15, 0.2) is 60.9 Å². The number of rotatable bonds is 1. The summed E-state index contributed by atoms with van der Waals surface area (Å²) in [4.78, 5) is 0. The molecule has 4 heteroatoms. The normalized spacial score (nSPS) is 10.1. The molecule has 3 aromatic rings. The maximum absolute atomic E-state index is 9.87. The van der Waals surface area contributed by atoms with Crippen LogP contribution in [0.25, 0.3) is 16.5 Å². The highest BCUT2D eigenvalue weighted by molar-refractivity contribution is 5.95. The van der Waals surface area contributed by atoms with Crippen molar-refractivity contribution in [2.24, 2.45) is 0 Å². The Balaban J connectivity index is 0.00000133. The minimum atomic E-state index is -0.111. The molecule has 0 amide bonds. The smallest absolute Gasteiger partial charge is 0.222 e. The number of pyridine rings is 1. The highest BCUT2D eigenvalue weighted by Crippen LogP contribution is 2.35. The van der Waals surface area contributed by atoms with Crippen molar-refractivity contribution in [3.05, 3.63) is 60.9 Å². The summed E-state index contributed by atoms with van der Waals surface area (Å²) in [5.74, 6) is -0.189. The van der Waals surface area contributed by atoms with Gasteiger partial charge in [0.05, 0.1) is 11.5 Å². The Labute approximate surface area is 127 Å². The van der Waals surface area contributed by atoms with Crippen molar-refractivity contribution in [3.63, 3.8) is 0 Å². The number of fused-ring (bicyclic) bond motifs is 1. The standard InChI is InChI=1S/C15H11NO2.HI/c17-14-10-13(16-8-4-1-5-9-16)11-6-2-3-7-12(11)15(14)18;/h1-10H,(H-,17,18);1H. The quantitative estimate of drug-likeness (QED) is 0.348. The number of phenolic OH excluding ortho intramolecular Hbond substituents is 2. The van der Waals surface area contributed by atoms with Gasteiger partial charge in [0, 0.05) is 17.5 Å². The molecule has 19 heavy (non-hydrogen) atoms. The van der Waals surface area contributed by atoms with E-state index in [4.69, 9.17) is 0 Å². The fraction of sp³-hybridized carbons (Fsp3) is 0. The van der Waals surface area contributed by atoms with E-state index in [0.717, 1.165) is 11.1 Å². The summed E-state index contributed by atoms with van der Waals surface area (Å²) in [7, 11) is 0. The topological polar surface area (TPSA) is 44.3 Å². The van der Waals surface area contributed by atoms with Crippen LogP contribution < -0.4 is 28.5 Å². The Kier molecular flexibility index (Phi) is 3.90. The Bertz CT molecular complexity index is 714. The number of benzene rings is 2. The lowest BCUT2D eigenvalue weighted by Gasteiger charge is -2.05. The average molecular weight is 365 g/mol. The van der Waals surface area contributed by atoms with Crippen molar-refractivity contribution in [1.82, 2.24) is 0 Å². The van der Waals surface area contributed by atoms with Crippen LogP contribution >= 0.6 is 0 Å². The maximum atomic E-state index is 9.87. The Morgan fingerprint density at radius 3 is 2.11 bits per heavy atom. The number of halogens is 1. The molecule has 2 aromatic carbocycles. The summed E-state index contributed by atoms with van der Waals surface area (Å²) in [6.07, 6.45) is 3.80. The van der Waals surface area contributed by atoms with Crippen LogP contribution in [0, 0.1) is 0 Å². The van der Waals surface area contributed by atoms with Gasteiger partial charge >= 0.3 is 0 Å². The van der Waals surface area contributed by atoms with E-state index in [1.165, 1.54) is 0 Å². The van der Waals surface area contributed by atoms with Crippen molar-refractivity contribution < 1.29 is 38.8 Å². The van der Waals surface area contributed by atoms with Gasteiger partial charge < -0.3 is 34.2 Å². The zero-order chi connectivity index (χ0) is 12.5. The molecule has 0 aliphatic rings. The van der Waals surface area contributed by atoms with E-state index in [9.17, 15) is 10.2 Å². The molecule has 1 aromatic heterocycles. The first-order valence-corrected chi connectivity index (χ1v) is 5.68. The van der Waals surface area contributed by atoms with Crippen LogP contribution in [0.4, 0.5) is 0 Å². The largest absolute Gasteiger partial charge is 1.00 e. The second-order valence-corrected chi connectivity index (χ2v) is 4.09. The lowest BCUT2D eigenvalue weighted by molar-refractivity contribution is -0.594. The molecule has 2 N–H and O–H groups in total. The Morgan fingerprint density at radius 1 is 0.789 bits per heavy atom. The van der Waals surface area contributed by atoms with Crippen molar-refractivity contribution in [1.29, 1.82) is 0 Å². The number of aromatic nitrogens is 1. The van der Waals surface area contributed by atoms with Crippen LogP contribution in [0.3, 0.4) is 0 Å². The van der Waals surface area contributed by atoms with Crippen LogP contribution in [0.2, 0.25) is 0 Å². The van der Waals surface area contributed by atoms with Gasteiger partial charge in [-0.25, -0.2) is 0 Å². The van der Waals surface area contributed by atoms with Crippen molar-refractivity contribution in [2.75, 3.05) is 0 Å². The highest BCUT2D eigenvalue weighted by Gasteiger charge is 2.16. The monoisotopic (exact) mass is 365 g/mol. The van der Waals surface area contributed by atoms with Crippen molar-refractivity contribution in [2.45, 2.75) is 0 Å². The van der Waals surface area contributed by atoms with Gasteiger partial charge in [-0.3, -0.25) is 0 Å². The van der Waals surface area contributed by atoms with Crippen molar-refractivity contribution >= 4 is 10.8 Å². The van der Waals surface area contributed by atoms with Crippen LogP contribution in [-0.4, -0.2) is 10.2 Å². The summed E-state index contributed by atoms with van der Waals surface area (Å²) in [5, 5.41) is 21.2. The molecule has 96 valence electrons. The van der Waals surface area contributed by atoms with Crippen LogP contribution in [0.1, 0.15) is 0 Å². The summed E-state index contributed by atoms with van der Waals surface area (Å²) in [6.45, 7) is 0. The molecule has 0 fully saturated rings. The number of aromatic hydroxyl groups is 2. The van der Waals surface area contributed by atoms with Gasteiger partial charge in [-0.15, -0.1) is 0 Å². The molecule has 0 saturated carbocycles. The van der Waals surface area contributed by atoms with Gasteiger partial charge in [-0.2, -0.15) is 4.57 Å². The third kappa shape index (κ3) is 2.35. The van der Waals surface area contributed by atoms with E-state index >= 15 is 0 Å². The molecule has 3 rings (SSSR count). The first-order chi connectivity index (χ1) is 8.77. The average Bonchev–Trinajstić information content (AvgIpc) is 2.44. The number of hydrogen-bond acceptors (Lipinski definition) is 2. The molecule has 0 aliphatic carbocycles. The van der Waals surface area contributed by atoms with Gasteiger partial charge in [0.25, 0.3) is 0 Å². The second kappa shape index (κ2) is 5.44. The molecular weight excluding hydrogens is 353 g/mol.